The van der Waals surface area contributed by atoms with Gasteiger partial charge in [-0.05, 0) is 46.7 Å². The van der Waals surface area contributed by atoms with Crippen LogP contribution in [0.3, 0.4) is 0 Å². The van der Waals surface area contributed by atoms with Crippen molar-refractivity contribution in [3.8, 4) is 5.69 Å². The molecule has 0 saturated carbocycles. The highest BCUT2D eigenvalue weighted by atomic mass is 35.5. The van der Waals surface area contributed by atoms with Crippen LogP contribution in [0.2, 0.25) is 10.0 Å². The molecular formula is C18H12Cl2N2O3S. The Balaban J connectivity index is 1.97. The Bertz CT molecular complexity index is 1030. The van der Waals surface area contributed by atoms with Gasteiger partial charge >= 0.3 is 5.97 Å². The molecule has 0 atom stereocenters. The van der Waals surface area contributed by atoms with Crippen molar-refractivity contribution in [2.24, 2.45) is 0 Å². The zero-order valence-electron chi connectivity index (χ0n) is 13.3. The van der Waals surface area contributed by atoms with Crippen LogP contribution in [0.4, 0.5) is 0 Å². The molecule has 8 heteroatoms. The van der Waals surface area contributed by atoms with Crippen LogP contribution in [0.25, 0.3) is 17.3 Å². The summed E-state index contributed by atoms with van der Waals surface area (Å²) >= 11 is 13.9. The van der Waals surface area contributed by atoms with Gasteiger partial charge in [0.1, 0.15) is 0 Å². The van der Waals surface area contributed by atoms with E-state index in [1.165, 1.54) is 0 Å². The number of ether oxygens (including phenoxy) is 1. The number of rotatable bonds is 3. The number of nitrogens with zero attached hydrogens (tertiary/aromatic N) is 2. The first-order chi connectivity index (χ1) is 12.5. The molecule has 0 unspecified atom stereocenters. The summed E-state index contributed by atoms with van der Waals surface area (Å²) in [5.41, 5.74) is 3.63. The van der Waals surface area contributed by atoms with Crippen molar-refractivity contribution < 1.29 is 14.6 Å². The number of halogens is 2. The monoisotopic (exact) mass is 406 g/mol. The van der Waals surface area contributed by atoms with Gasteiger partial charge in [0, 0.05) is 16.2 Å². The number of aromatic nitrogens is 2. The topological polar surface area (TPSA) is 64.3 Å². The summed E-state index contributed by atoms with van der Waals surface area (Å²) in [6.45, 7) is 0.544. The summed E-state index contributed by atoms with van der Waals surface area (Å²) in [7, 11) is 0. The first-order valence-electron chi connectivity index (χ1n) is 7.66. The Hall–Kier alpha value is -2.12. The van der Waals surface area contributed by atoms with Crippen LogP contribution in [0, 0.1) is 0 Å². The molecule has 0 spiro atoms. The van der Waals surface area contributed by atoms with Crippen LogP contribution in [-0.2, 0) is 11.3 Å². The number of hydrogen-bond donors (Lipinski definition) is 1. The lowest BCUT2D eigenvalue weighted by atomic mass is 10.0. The first-order valence-corrected chi connectivity index (χ1v) is 9.36. The van der Waals surface area contributed by atoms with Crippen LogP contribution in [0.1, 0.15) is 27.3 Å². The molecule has 2 aromatic heterocycles. The quantitative estimate of drug-likeness (QED) is 0.663. The second kappa shape index (κ2) is 6.89. The van der Waals surface area contributed by atoms with Crippen LogP contribution in [0.15, 0.2) is 35.0 Å². The summed E-state index contributed by atoms with van der Waals surface area (Å²) in [6, 6.07) is 7.01. The first kappa shape index (κ1) is 17.3. The maximum Gasteiger partial charge on any atom is 0.356 e. The van der Waals surface area contributed by atoms with E-state index >= 15 is 0 Å². The molecule has 0 bridgehead atoms. The molecule has 3 heterocycles. The van der Waals surface area contributed by atoms with Crippen LogP contribution in [-0.4, -0.2) is 27.5 Å². The van der Waals surface area contributed by atoms with Gasteiger partial charge in [0.2, 0.25) is 0 Å². The fourth-order valence-electron chi connectivity index (χ4n) is 2.92. The number of fused-ring (bicyclic) bond motifs is 1. The third-order valence-electron chi connectivity index (χ3n) is 4.02. The van der Waals surface area contributed by atoms with Crippen molar-refractivity contribution in [3.63, 3.8) is 0 Å². The molecule has 5 nitrogen and oxygen atoms in total. The molecule has 0 fully saturated rings. The lowest BCUT2D eigenvalue weighted by molar-refractivity contribution is 0.0683. The van der Waals surface area contributed by atoms with Crippen LogP contribution < -0.4 is 0 Å². The van der Waals surface area contributed by atoms with E-state index in [1.807, 2.05) is 22.9 Å². The van der Waals surface area contributed by atoms with E-state index in [0.29, 0.717) is 33.6 Å². The number of carbonyl (C=O) groups is 1. The second-order valence-corrected chi connectivity index (χ2v) is 7.33. The average molecular weight is 407 g/mol. The molecule has 0 aliphatic carbocycles. The van der Waals surface area contributed by atoms with Gasteiger partial charge in [-0.25, -0.2) is 9.48 Å². The predicted molar refractivity (Wildman–Crippen MR) is 102 cm³/mol. The molecule has 1 aliphatic heterocycles. The smallest absolute Gasteiger partial charge is 0.356 e. The van der Waals surface area contributed by atoms with E-state index in [1.54, 1.807) is 34.2 Å². The van der Waals surface area contributed by atoms with Crippen molar-refractivity contribution >= 4 is 52.2 Å². The predicted octanol–water partition coefficient (Wildman–Crippen LogP) is 5.01. The molecule has 0 radical (unpaired) electrons. The van der Waals surface area contributed by atoms with E-state index in [4.69, 9.17) is 27.9 Å². The molecule has 26 heavy (non-hydrogen) atoms. The molecule has 3 aromatic rings. The molecule has 132 valence electrons. The van der Waals surface area contributed by atoms with Gasteiger partial charge in [-0.1, -0.05) is 23.2 Å². The van der Waals surface area contributed by atoms with Crippen molar-refractivity contribution in [2.45, 2.75) is 6.61 Å². The number of carboxylic acid groups (broad SMARTS) is 1. The molecule has 0 saturated heterocycles. The highest BCUT2D eigenvalue weighted by Gasteiger charge is 2.29. The van der Waals surface area contributed by atoms with E-state index in [2.05, 4.69) is 5.10 Å². The fourth-order valence-corrected chi connectivity index (χ4v) is 4.02. The number of aromatic carboxylic acids is 1. The molecule has 4 rings (SSSR count). The number of carboxylic acids is 1. The third kappa shape index (κ3) is 3.05. The van der Waals surface area contributed by atoms with E-state index < -0.39 is 5.97 Å². The molecule has 0 amide bonds. The van der Waals surface area contributed by atoms with Crippen molar-refractivity contribution in [1.29, 1.82) is 0 Å². The Labute approximate surface area is 163 Å². The fraction of sp³-hybridized carbons (Fsp3) is 0.111. The Kier molecular flexibility index (Phi) is 4.58. The summed E-state index contributed by atoms with van der Waals surface area (Å²) in [5, 5.41) is 18.7. The minimum absolute atomic E-state index is 0.0399. The van der Waals surface area contributed by atoms with Gasteiger partial charge in [-0.3, -0.25) is 0 Å². The van der Waals surface area contributed by atoms with Gasteiger partial charge in [-0.2, -0.15) is 16.4 Å². The van der Waals surface area contributed by atoms with Gasteiger partial charge in [0.05, 0.1) is 29.6 Å². The van der Waals surface area contributed by atoms with Gasteiger partial charge in [0.25, 0.3) is 0 Å². The summed E-state index contributed by atoms with van der Waals surface area (Å²) < 4.78 is 7.18. The Morgan fingerprint density at radius 2 is 2.15 bits per heavy atom. The number of hydrogen-bond acceptors (Lipinski definition) is 4. The maximum absolute atomic E-state index is 11.7. The van der Waals surface area contributed by atoms with Gasteiger partial charge in [-0.15, -0.1) is 0 Å². The summed E-state index contributed by atoms with van der Waals surface area (Å²) in [6.07, 6.45) is 1.97. The molecular weight excluding hydrogens is 395 g/mol. The SMILES string of the molecule is O=C(O)c1nn(-c2ccc(Cl)cc2Cl)c2c1COCC2=Cc1ccsc1. The Morgan fingerprint density at radius 1 is 1.31 bits per heavy atom. The Morgan fingerprint density at radius 3 is 2.85 bits per heavy atom. The normalized spacial score (nSPS) is 15.2. The lowest BCUT2D eigenvalue weighted by Gasteiger charge is -2.19. The minimum atomic E-state index is -1.11. The molecule has 1 N–H and O–H groups in total. The zero-order chi connectivity index (χ0) is 18.3. The second-order valence-electron chi connectivity index (χ2n) is 5.71. The van der Waals surface area contributed by atoms with Crippen molar-refractivity contribution in [3.05, 3.63) is 67.6 Å². The van der Waals surface area contributed by atoms with Crippen LogP contribution in [0.5, 0.6) is 0 Å². The standard InChI is InChI=1S/C18H12Cl2N2O3S/c19-12-1-2-15(14(20)6-12)22-17-11(5-10-3-4-26-9-10)7-25-8-13(17)16(21-22)18(23)24/h1-6,9H,7-8H2,(H,23,24). The number of benzene rings is 1. The average Bonchev–Trinajstić information content (AvgIpc) is 3.23. The van der Waals surface area contributed by atoms with Crippen molar-refractivity contribution in [2.75, 3.05) is 6.61 Å². The highest BCUT2D eigenvalue weighted by Crippen LogP contribution is 2.34. The van der Waals surface area contributed by atoms with Gasteiger partial charge < -0.3 is 9.84 Å². The van der Waals surface area contributed by atoms with Gasteiger partial charge in [0.15, 0.2) is 5.69 Å². The number of thiophene rings is 1. The summed E-state index contributed by atoms with van der Waals surface area (Å²) in [5.74, 6) is -1.11. The third-order valence-corrected chi connectivity index (χ3v) is 5.26. The highest BCUT2D eigenvalue weighted by molar-refractivity contribution is 7.08. The lowest BCUT2D eigenvalue weighted by Crippen LogP contribution is -2.13. The van der Waals surface area contributed by atoms with E-state index in [-0.39, 0.29) is 12.3 Å². The van der Waals surface area contributed by atoms with E-state index in [0.717, 1.165) is 11.1 Å². The summed E-state index contributed by atoms with van der Waals surface area (Å²) in [4.78, 5) is 11.7. The molecule has 1 aliphatic rings. The largest absolute Gasteiger partial charge is 0.476 e. The van der Waals surface area contributed by atoms with E-state index in [9.17, 15) is 9.90 Å². The van der Waals surface area contributed by atoms with Crippen molar-refractivity contribution in [1.82, 2.24) is 9.78 Å². The minimum Gasteiger partial charge on any atom is -0.476 e. The molecule has 1 aromatic carbocycles. The maximum atomic E-state index is 11.7. The zero-order valence-corrected chi connectivity index (χ0v) is 15.6. The van der Waals surface area contributed by atoms with Crippen LogP contribution >= 0.6 is 34.5 Å².